The smallest absolute Gasteiger partial charge is 0.270 e. The molecule has 0 radical (unpaired) electrons. The highest BCUT2D eigenvalue weighted by molar-refractivity contribution is 6.00. The molecule has 2 rings (SSSR count). The van der Waals surface area contributed by atoms with Crippen molar-refractivity contribution < 1.29 is 9.72 Å². The summed E-state index contributed by atoms with van der Waals surface area (Å²) in [5.41, 5.74) is 1.26. The third-order valence-corrected chi connectivity index (χ3v) is 3.33. The lowest BCUT2D eigenvalue weighted by Gasteiger charge is -2.26. The minimum absolute atomic E-state index is 0.0267. The maximum Gasteiger partial charge on any atom is 0.270 e. The minimum atomic E-state index is -0.461. The van der Waals surface area contributed by atoms with Crippen LogP contribution in [0.3, 0.4) is 0 Å². The van der Waals surface area contributed by atoms with Gasteiger partial charge < -0.3 is 4.90 Å². The summed E-state index contributed by atoms with van der Waals surface area (Å²) in [5.74, 6) is -0.125. The first-order chi connectivity index (χ1) is 9.04. The van der Waals surface area contributed by atoms with E-state index in [4.69, 9.17) is 0 Å². The summed E-state index contributed by atoms with van der Waals surface area (Å²) < 4.78 is 0. The Balaban J connectivity index is 2.42. The average Bonchev–Trinajstić information content (AvgIpc) is 3.19. The van der Waals surface area contributed by atoms with Crippen LogP contribution in [-0.4, -0.2) is 23.3 Å². The number of hydrogen-bond acceptors (Lipinski definition) is 4. The maximum atomic E-state index is 11.7. The molecule has 102 valence electrons. The number of nitro groups is 1. The van der Waals surface area contributed by atoms with Crippen molar-refractivity contribution in [1.82, 2.24) is 0 Å². The number of ketones is 1. The lowest BCUT2D eigenvalue weighted by molar-refractivity contribution is -0.384. The van der Waals surface area contributed by atoms with E-state index in [1.54, 1.807) is 6.07 Å². The van der Waals surface area contributed by atoms with Crippen LogP contribution in [0.25, 0.3) is 0 Å². The number of Topliss-reactive ketones (excluding diaryl/α,β-unsaturated/α-hetero) is 1. The first kappa shape index (κ1) is 13.5. The van der Waals surface area contributed by atoms with E-state index in [1.165, 1.54) is 19.1 Å². The van der Waals surface area contributed by atoms with E-state index >= 15 is 0 Å². The van der Waals surface area contributed by atoms with E-state index in [9.17, 15) is 14.9 Å². The number of anilines is 1. The number of benzene rings is 1. The van der Waals surface area contributed by atoms with E-state index in [-0.39, 0.29) is 11.5 Å². The van der Waals surface area contributed by atoms with Crippen LogP contribution in [0.1, 0.15) is 43.5 Å². The van der Waals surface area contributed by atoms with Crippen LogP contribution in [0, 0.1) is 10.1 Å². The molecule has 0 atom stereocenters. The Morgan fingerprint density at radius 3 is 2.63 bits per heavy atom. The lowest BCUT2D eigenvalue weighted by Crippen LogP contribution is -2.28. The molecular weight excluding hydrogens is 244 g/mol. The van der Waals surface area contributed by atoms with Gasteiger partial charge in [-0.2, -0.15) is 0 Å². The topological polar surface area (TPSA) is 63.4 Å². The Morgan fingerprint density at radius 2 is 2.16 bits per heavy atom. The van der Waals surface area contributed by atoms with E-state index in [2.05, 4.69) is 11.8 Å². The Bertz CT molecular complexity index is 509. The molecule has 5 heteroatoms. The van der Waals surface area contributed by atoms with Gasteiger partial charge in [0.1, 0.15) is 0 Å². The first-order valence-corrected chi connectivity index (χ1v) is 6.60. The zero-order valence-corrected chi connectivity index (χ0v) is 11.3. The second kappa shape index (κ2) is 5.38. The molecule has 0 aromatic heterocycles. The van der Waals surface area contributed by atoms with Gasteiger partial charge >= 0.3 is 0 Å². The SMILES string of the molecule is CCCN(c1ccc([N+](=O)[O-])cc1C(C)=O)C1CC1. The van der Waals surface area contributed by atoms with Crippen LogP contribution in [0.5, 0.6) is 0 Å². The Labute approximate surface area is 112 Å². The highest BCUT2D eigenvalue weighted by Gasteiger charge is 2.31. The molecule has 0 unspecified atom stereocenters. The highest BCUT2D eigenvalue weighted by Crippen LogP contribution is 2.35. The summed E-state index contributed by atoms with van der Waals surface area (Å²) in [6, 6.07) is 5.07. The second-order valence-electron chi connectivity index (χ2n) is 4.94. The minimum Gasteiger partial charge on any atom is -0.368 e. The van der Waals surface area contributed by atoms with Gasteiger partial charge in [-0.05, 0) is 32.3 Å². The number of nitro benzene ring substituents is 1. The predicted octanol–water partition coefficient (Wildman–Crippen LogP) is 3.18. The molecule has 1 aromatic carbocycles. The van der Waals surface area contributed by atoms with Crippen molar-refractivity contribution in [2.75, 3.05) is 11.4 Å². The van der Waals surface area contributed by atoms with Crippen molar-refractivity contribution in [2.45, 2.75) is 39.2 Å². The summed E-state index contributed by atoms with van der Waals surface area (Å²) in [6.45, 7) is 4.43. The molecule has 0 saturated heterocycles. The fourth-order valence-corrected chi connectivity index (χ4v) is 2.30. The van der Waals surface area contributed by atoms with Crippen molar-refractivity contribution in [3.05, 3.63) is 33.9 Å². The molecular formula is C14H18N2O3. The van der Waals surface area contributed by atoms with E-state index in [1.807, 2.05) is 0 Å². The molecule has 1 aliphatic carbocycles. The Kier molecular flexibility index (Phi) is 3.83. The van der Waals surface area contributed by atoms with Crippen molar-refractivity contribution in [3.8, 4) is 0 Å². The van der Waals surface area contributed by atoms with Crippen molar-refractivity contribution >= 4 is 17.2 Å². The highest BCUT2D eigenvalue weighted by atomic mass is 16.6. The van der Waals surface area contributed by atoms with Gasteiger partial charge in [0.25, 0.3) is 5.69 Å². The zero-order valence-electron chi connectivity index (χ0n) is 11.3. The van der Waals surface area contributed by atoms with Gasteiger partial charge in [-0.1, -0.05) is 6.92 Å². The van der Waals surface area contributed by atoms with Crippen LogP contribution in [0.4, 0.5) is 11.4 Å². The van der Waals surface area contributed by atoms with Gasteiger partial charge in [-0.15, -0.1) is 0 Å². The molecule has 0 N–H and O–H groups in total. The van der Waals surface area contributed by atoms with E-state index in [0.29, 0.717) is 11.6 Å². The summed E-state index contributed by atoms with van der Waals surface area (Å²) in [4.78, 5) is 24.3. The molecule has 0 bridgehead atoms. The van der Waals surface area contributed by atoms with Crippen LogP contribution in [0.15, 0.2) is 18.2 Å². The molecule has 0 spiro atoms. The zero-order chi connectivity index (χ0) is 14.0. The second-order valence-corrected chi connectivity index (χ2v) is 4.94. The molecule has 0 heterocycles. The summed E-state index contributed by atoms with van der Waals surface area (Å²) in [7, 11) is 0. The molecule has 0 amide bonds. The molecule has 1 aliphatic rings. The van der Waals surface area contributed by atoms with Gasteiger partial charge in [0, 0.05) is 36.0 Å². The van der Waals surface area contributed by atoms with Gasteiger partial charge in [0.15, 0.2) is 5.78 Å². The van der Waals surface area contributed by atoms with Crippen LogP contribution in [0.2, 0.25) is 0 Å². The van der Waals surface area contributed by atoms with Gasteiger partial charge in [-0.3, -0.25) is 14.9 Å². The number of carbonyl (C=O) groups excluding carboxylic acids is 1. The summed E-state index contributed by atoms with van der Waals surface area (Å²) in [6.07, 6.45) is 3.26. The number of carbonyl (C=O) groups is 1. The average molecular weight is 262 g/mol. The number of hydrogen-bond donors (Lipinski definition) is 0. The summed E-state index contributed by atoms with van der Waals surface area (Å²) in [5, 5.41) is 10.8. The van der Waals surface area contributed by atoms with Gasteiger partial charge in [0.05, 0.1) is 4.92 Å². The quantitative estimate of drug-likeness (QED) is 0.448. The Hall–Kier alpha value is -1.91. The summed E-state index contributed by atoms with van der Waals surface area (Å²) >= 11 is 0. The molecule has 0 aliphatic heterocycles. The standard InChI is InChI=1S/C14H18N2O3/c1-3-8-15(11-4-5-11)14-7-6-12(16(18)19)9-13(14)10(2)17/h6-7,9,11H,3-5,8H2,1-2H3. The third kappa shape index (κ3) is 2.92. The first-order valence-electron chi connectivity index (χ1n) is 6.60. The van der Waals surface area contributed by atoms with Gasteiger partial charge in [0.2, 0.25) is 0 Å². The van der Waals surface area contributed by atoms with Crippen LogP contribution < -0.4 is 4.90 Å². The van der Waals surface area contributed by atoms with E-state index in [0.717, 1.165) is 31.5 Å². The molecule has 1 saturated carbocycles. The number of non-ortho nitro benzene ring substituents is 1. The predicted molar refractivity (Wildman–Crippen MR) is 73.8 cm³/mol. The van der Waals surface area contributed by atoms with E-state index < -0.39 is 4.92 Å². The molecule has 5 nitrogen and oxygen atoms in total. The lowest BCUT2D eigenvalue weighted by atomic mass is 10.1. The third-order valence-electron chi connectivity index (χ3n) is 3.33. The Morgan fingerprint density at radius 1 is 1.47 bits per heavy atom. The van der Waals surface area contributed by atoms with Crippen molar-refractivity contribution in [3.63, 3.8) is 0 Å². The normalized spacial score (nSPS) is 14.2. The van der Waals surface area contributed by atoms with Crippen LogP contribution in [-0.2, 0) is 0 Å². The van der Waals surface area contributed by atoms with Gasteiger partial charge in [-0.25, -0.2) is 0 Å². The fourth-order valence-electron chi connectivity index (χ4n) is 2.30. The maximum absolute atomic E-state index is 11.7. The number of rotatable bonds is 6. The van der Waals surface area contributed by atoms with Crippen molar-refractivity contribution in [1.29, 1.82) is 0 Å². The number of nitrogens with zero attached hydrogens (tertiary/aromatic N) is 2. The molecule has 19 heavy (non-hydrogen) atoms. The van der Waals surface area contributed by atoms with Crippen LogP contribution >= 0.6 is 0 Å². The molecule has 1 fully saturated rings. The van der Waals surface area contributed by atoms with Crippen molar-refractivity contribution in [2.24, 2.45) is 0 Å². The fraction of sp³-hybridized carbons (Fsp3) is 0.500. The molecule has 1 aromatic rings. The largest absolute Gasteiger partial charge is 0.368 e. The monoisotopic (exact) mass is 262 g/mol.